The first-order valence-electron chi connectivity index (χ1n) is 18.6. The highest BCUT2D eigenvalue weighted by atomic mass is 35.5. The number of aromatic hydroxyl groups is 1. The highest BCUT2D eigenvalue weighted by Gasteiger charge is 2.61. The van der Waals surface area contributed by atoms with Crippen LogP contribution in [-0.2, 0) is 28.7 Å². The average molecular weight is 813 g/mol. The van der Waals surface area contributed by atoms with E-state index < -0.39 is 34.7 Å². The van der Waals surface area contributed by atoms with Gasteiger partial charge in [0, 0.05) is 44.7 Å². The Morgan fingerprint density at radius 2 is 1.82 bits per heavy atom. The van der Waals surface area contributed by atoms with Crippen molar-refractivity contribution >= 4 is 52.0 Å². The molecule has 20 heteroatoms. The van der Waals surface area contributed by atoms with Gasteiger partial charge in [0.25, 0.3) is 11.5 Å². The Morgan fingerprint density at radius 3 is 2.46 bits per heavy atom. The van der Waals surface area contributed by atoms with Gasteiger partial charge in [-0.15, -0.1) is 5.10 Å². The number of hydrogen-bond acceptors (Lipinski definition) is 12. The van der Waals surface area contributed by atoms with Crippen molar-refractivity contribution in [3.63, 3.8) is 0 Å². The number of halogens is 4. The summed E-state index contributed by atoms with van der Waals surface area (Å²) >= 11 is 6.14. The summed E-state index contributed by atoms with van der Waals surface area (Å²) < 4.78 is 47.9. The molecule has 6 heterocycles. The monoisotopic (exact) mass is 812 g/mol. The molecule has 3 aliphatic heterocycles. The lowest BCUT2D eigenvalue weighted by molar-refractivity contribution is -0.137. The molecule has 8 rings (SSSR count). The van der Waals surface area contributed by atoms with Crippen molar-refractivity contribution < 1.29 is 37.7 Å². The normalized spacial score (nSPS) is 19.0. The molecule has 3 aromatic heterocycles. The lowest BCUT2D eigenvalue weighted by atomic mass is 9.74. The average Bonchev–Trinajstić information content (AvgIpc) is 3.78. The molecule has 4 aromatic rings. The smallest absolute Gasteiger partial charge is 0.416 e. The Labute approximate surface area is 328 Å². The van der Waals surface area contributed by atoms with Gasteiger partial charge in [-0.2, -0.15) is 22.7 Å². The number of amides is 2. The van der Waals surface area contributed by atoms with Crippen molar-refractivity contribution in [2.75, 3.05) is 67.6 Å². The number of alkyl halides is 3. The van der Waals surface area contributed by atoms with E-state index in [4.69, 9.17) is 16.3 Å². The summed E-state index contributed by atoms with van der Waals surface area (Å²) in [6, 6.07) is 2.62. The summed E-state index contributed by atoms with van der Waals surface area (Å²) in [7, 11) is 0. The molecule has 4 aliphatic rings. The lowest BCUT2D eigenvalue weighted by Crippen LogP contribution is -2.62. The molecule has 0 spiro atoms. The first kappa shape index (κ1) is 38.6. The van der Waals surface area contributed by atoms with Crippen LogP contribution in [-0.4, -0.2) is 114 Å². The van der Waals surface area contributed by atoms with Gasteiger partial charge >= 0.3 is 6.18 Å². The van der Waals surface area contributed by atoms with Gasteiger partial charge in [0.1, 0.15) is 18.6 Å². The molecule has 3 N–H and O–H groups in total. The van der Waals surface area contributed by atoms with Crippen LogP contribution < -0.4 is 20.7 Å². The molecular weight excluding hydrogens is 773 g/mol. The van der Waals surface area contributed by atoms with Crippen LogP contribution in [0.2, 0.25) is 5.02 Å². The third kappa shape index (κ3) is 6.94. The minimum atomic E-state index is -4.62. The second kappa shape index (κ2) is 14.3. The fourth-order valence-corrected chi connectivity index (χ4v) is 8.15. The summed E-state index contributed by atoms with van der Waals surface area (Å²) in [5.74, 6) is -0.872. The van der Waals surface area contributed by atoms with Gasteiger partial charge in [0.15, 0.2) is 23.1 Å². The number of rotatable bonds is 9. The molecule has 1 aliphatic carbocycles. The van der Waals surface area contributed by atoms with Crippen molar-refractivity contribution in [2.24, 2.45) is 5.41 Å². The molecule has 0 radical (unpaired) electrons. The van der Waals surface area contributed by atoms with Gasteiger partial charge < -0.3 is 39.5 Å². The zero-order chi connectivity index (χ0) is 40.4. The standard InChI is InChI=1S/C37H40ClF3N10O6/c1-3-25-28(47-10-12-48(13-11-47)32(54)27-29(53)31(43-20-42-27)49-18-35(2,19-49)36(56)8-9-36)33(55)51-34(45-30(46-51)21-6-14-57-15-7-21)50(25)17-26(52)44-24-5-4-22(16-23(24)38)37(39,40)41/h4-6,16,20,53,56H,3,7-15,17-19H2,1-2H3,(H,44,52). The van der Waals surface area contributed by atoms with Crippen LogP contribution in [0, 0.1) is 5.41 Å². The van der Waals surface area contributed by atoms with E-state index in [2.05, 4.69) is 25.4 Å². The molecule has 3 fully saturated rings. The second-order valence-electron chi connectivity index (χ2n) is 15.1. The number of ether oxygens (including phenoxy) is 1. The number of nitrogens with zero attached hydrogens (tertiary/aromatic N) is 9. The zero-order valence-electron chi connectivity index (χ0n) is 31.1. The minimum absolute atomic E-state index is 0.0256. The van der Waals surface area contributed by atoms with Crippen LogP contribution in [0.3, 0.4) is 0 Å². The number of carbonyl (C=O) groups excluding carboxylic acids is 2. The van der Waals surface area contributed by atoms with Crippen LogP contribution in [0.5, 0.6) is 5.75 Å². The number of piperazine rings is 1. The van der Waals surface area contributed by atoms with Crippen molar-refractivity contribution in [2.45, 2.75) is 57.9 Å². The van der Waals surface area contributed by atoms with Crippen LogP contribution >= 0.6 is 11.6 Å². The minimum Gasteiger partial charge on any atom is -0.503 e. The van der Waals surface area contributed by atoms with E-state index in [9.17, 15) is 37.8 Å². The Kier molecular flexibility index (Phi) is 9.67. The SMILES string of the molecule is CCc1c(N2CCN(C(=O)c3ncnc(N4CC(C)(C5(O)CC5)C4)c3O)CC2)c(=O)n2nc(C3=CCOCC3)nc2n1CC(=O)Nc1ccc(C(F)(F)F)cc1Cl. The lowest BCUT2D eigenvalue weighted by Gasteiger charge is -2.51. The third-order valence-electron chi connectivity index (χ3n) is 11.4. The molecule has 2 saturated heterocycles. The molecule has 0 bridgehead atoms. The predicted octanol–water partition coefficient (Wildman–Crippen LogP) is 3.38. The third-order valence-corrected chi connectivity index (χ3v) is 11.7. The Hall–Kier alpha value is -5.27. The maximum atomic E-state index is 14.3. The molecule has 57 heavy (non-hydrogen) atoms. The first-order valence-corrected chi connectivity index (χ1v) is 19.0. The van der Waals surface area contributed by atoms with Crippen molar-refractivity contribution in [1.82, 2.24) is 34.0 Å². The number of aliphatic hydroxyl groups is 1. The maximum absolute atomic E-state index is 14.3. The van der Waals surface area contributed by atoms with Gasteiger partial charge in [0.05, 0.1) is 40.8 Å². The molecule has 302 valence electrons. The van der Waals surface area contributed by atoms with E-state index in [-0.39, 0.29) is 84.0 Å². The Morgan fingerprint density at radius 1 is 1.09 bits per heavy atom. The zero-order valence-corrected chi connectivity index (χ0v) is 31.9. The van der Waals surface area contributed by atoms with Gasteiger partial charge in [-0.25, -0.2) is 9.97 Å². The van der Waals surface area contributed by atoms with Gasteiger partial charge in [-0.05, 0) is 49.5 Å². The van der Waals surface area contributed by atoms with Crippen molar-refractivity contribution in [3.05, 3.63) is 68.8 Å². The summed E-state index contributed by atoms with van der Waals surface area (Å²) in [5, 5.41) is 28.7. The van der Waals surface area contributed by atoms with Crippen molar-refractivity contribution in [3.8, 4) is 5.75 Å². The number of fused-ring (bicyclic) bond motifs is 1. The topological polar surface area (TPSA) is 184 Å². The highest BCUT2D eigenvalue weighted by molar-refractivity contribution is 6.33. The molecule has 0 unspecified atom stereocenters. The maximum Gasteiger partial charge on any atom is 0.416 e. The first-order chi connectivity index (χ1) is 27.1. The Bertz CT molecular complexity index is 2360. The fraction of sp³-hybridized carbons (Fsp3) is 0.486. The predicted molar refractivity (Wildman–Crippen MR) is 201 cm³/mol. The summed E-state index contributed by atoms with van der Waals surface area (Å²) in [5.41, 5.74) is -1.20. The van der Waals surface area contributed by atoms with Gasteiger partial charge in [0.2, 0.25) is 11.7 Å². The number of aromatic nitrogens is 6. The number of nitrogens with one attached hydrogen (secondary N) is 1. The molecule has 0 atom stereocenters. The summed E-state index contributed by atoms with van der Waals surface area (Å²) in [6.45, 7) is 5.90. The molecule has 16 nitrogen and oxygen atoms in total. The summed E-state index contributed by atoms with van der Waals surface area (Å²) in [4.78, 5) is 59.8. The van der Waals surface area contributed by atoms with Crippen LogP contribution in [0.1, 0.15) is 60.7 Å². The Balaban J connectivity index is 1.06. The quantitative estimate of drug-likeness (QED) is 0.225. The number of carbonyl (C=O) groups is 2. The van der Waals surface area contributed by atoms with E-state index in [0.29, 0.717) is 44.2 Å². The molecule has 1 aromatic carbocycles. The van der Waals surface area contributed by atoms with Crippen molar-refractivity contribution in [1.29, 1.82) is 0 Å². The highest BCUT2D eigenvalue weighted by Crippen LogP contribution is 2.55. The number of hydrogen-bond donors (Lipinski definition) is 3. The molecular formula is C37H40ClF3N10O6. The van der Waals surface area contributed by atoms with E-state index in [1.165, 1.54) is 11.2 Å². The molecule has 2 amide bonds. The molecule has 1 saturated carbocycles. The number of benzene rings is 1. The van der Waals surface area contributed by atoms with E-state index in [1.807, 2.05) is 29.7 Å². The number of anilines is 3. The largest absolute Gasteiger partial charge is 0.503 e. The van der Waals surface area contributed by atoms with Gasteiger partial charge in [-0.1, -0.05) is 31.5 Å². The van der Waals surface area contributed by atoms with E-state index >= 15 is 0 Å². The fourth-order valence-electron chi connectivity index (χ4n) is 7.92. The van der Waals surface area contributed by atoms with E-state index in [1.54, 1.807) is 4.57 Å². The second-order valence-corrected chi connectivity index (χ2v) is 15.5. The van der Waals surface area contributed by atoms with E-state index in [0.717, 1.165) is 41.1 Å². The summed E-state index contributed by atoms with van der Waals surface area (Å²) in [6.07, 6.45) is 0.674. The van der Waals surface area contributed by atoms with Crippen LogP contribution in [0.25, 0.3) is 11.4 Å². The van der Waals surface area contributed by atoms with Crippen LogP contribution in [0.15, 0.2) is 35.4 Å². The van der Waals surface area contributed by atoms with Gasteiger partial charge in [-0.3, -0.25) is 14.4 Å². The van der Waals surface area contributed by atoms with Crippen LogP contribution in [0.4, 0.5) is 30.4 Å².